The maximum atomic E-state index is 5.86. The first-order chi connectivity index (χ1) is 5.26. The number of nitrogens with zero attached hydrogens (tertiary/aromatic N) is 2. The molecule has 0 aliphatic heterocycles. The lowest BCUT2D eigenvalue weighted by Crippen LogP contribution is -2.28. The molecule has 0 radical (unpaired) electrons. The van der Waals surface area contributed by atoms with Gasteiger partial charge in [0.25, 0.3) is 0 Å². The molecule has 0 rings (SSSR count). The zero-order valence-electron chi connectivity index (χ0n) is 7.60. The van der Waals surface area contributed by atoms with E-state index in [1.165, 1.54) is 0 Å². The minimum absolute atomic E-state index is 0.633. The van der Waals surface area contributed by atoms with Crippen molar-refractivity contribution < 1.29 is 0 Å². The minimum Gasteiger partial charge on any atom is -0.347 e. The van der Waals surface area contributed by atoms with Crippen LogP contribution in [0.5, 0.6) is 0 Å². The summed E-state index contributed by atoms with van der Waals surface area (Å²) in [5.41, 5.74) is 0. The van der Waals surface area contributed by atoms with E-state index in [0.717, 1.165) is 25.9 Å². The van der Waals surface area contributed by atoms with Crippen molar-refractivity contribution in [2.75, 3.05) is 20.1 Å². The molecule has 0 aliphatic carbocycles. The average Bonchev–Trinajstić information content (AvgIpc) is 2.03. The van der Waals surface area contributed by atoms with Gasteiger partial charge < -0.3 is 4.90 Å². The van der Waals surface area contributed by atoms with Gasteiger partial charge >= 0.3 is 0 Å². The summed E-state index contributed by atoms with van der Waals surface area (Å²) >= 11 is 5.86. The molecule has 11 heavy (non-hydrogen) atoms. The summed E-state index contributed by atoms with van der Waals surface area (Å²) in [5.74, 6) is 0. The third kappa shape index (κ3) is 4.25. The highest BCUT2D eigenvalue weighted by Crippen LogP contribution is 1.99. The van der Waals surface area contributed by atoms with Crippen LogP contribution in [-0.2, 0) is 0 Å². The Balaban J connectivity index is 3.87. The third-order valence-corrected chi connectivity index (χ3v) is 1.84. The van der Waals surface area contributed by atoms with Crippen molar-refractivity contribution in [1.29, 1.82) is 0 Å². The molecule has 66 valence electrons. The van der Waals surface area contributed by atoms with Crippen LogP contribution in [0, 0.1) is 0 Å². The Labute approximate surface area is 74.3 Å². The monoisotopic (exact) mass is 176 g/mol. The van der Waals surface area contributed by atoms with Crippen molar-refractivity contribution in [1.82, 2.24) is 4.90 Å². The highest BCUT2D eigenvalue weighted by atomic mass is 35.5. The van der Waals surface area contributed by atoms with E-state index in [9.17, 15) is 0 Å². The van der Waals surface area contributed by atoms with E-state index < -0.39 is 0 Å². The summed E-state index contributed by atoms with van der Waals surface area (Å²) in [6.45, 7) is 6.29. The van der Waals surface area contributed by atoms with E-state index in [1.54, 1.807) is 7.05 Å². The van der Waals surface area contributed by atoms with Crippen LogP contribution in [-0.4, -0.2) is 30.3 Å². The van der Waals surface area contributed by atoms with Gasteiger partial charge in [0, 0.05) is 20.1 Å². The Bertz CT molecular complexity index is 117. The molecule has 0 aromatic carbocycles. The second-order valence-corrected chi connectivity index (χ2v) is 2.82. The van der Waals surface area contributed by atoms with Crippen molar-refractivity contribution in [3.63, 3.8) is 0 Å². The SMILES string of the molecule is CCCN(CCC)C(Cl)=NC. The zero-order chi connectivity index (χ0) is 8.69. The normalized spacial score (nSPS) is 11.8. The first-order valence-electron chi connectivity index (χ1n) is 4.13. The molecular formula is C8H17ClN2. The second kappa shape index (κ2) is 6.47. The summed E-state index contributed by atoms with van der Waals surface area (Å²) in [6.07, 6.45) is 2.23. The zero-order valence-corrected chi connectivity index (χ0v) is 8.36. The van der Waals surface area contributed by atoms with Gasteiger partial charge in [-0.3, -0.25) is 4.99 Å². The summed E-state index contributed by atoms with van der Waals surface area (Å²) in [6, 6.07) is 0. The molecule has 0 saturated carbocycles. The van der Waals surface area contributed by atoms with Gasteiger partial charge in [-0.05, 0) is 24.4 Å². The summed E-state index contributed by atoms with van der Waals surface area (Å²) in [4.78, 5) is 6.03. The Kier molecular flexibility index (Phi) is 6.33. The largest absolute Gasteiger partial charge is 0.347 e. The topological polar surface area (TPSA) is 15.6 Å². The van der Waals surface area contributed by atoms with E-state index in [2.05, 4.69) is 23.7 Å². The highest BCUT2D eigenvalue weighted by molar-refractivity contribution is 6.64. The van der Waals surface area contributed by atoms with Crippen LogP contribution in [0.2, 0.25) is 0 Å². The first-order valence-corrected chi connectivity index (χ1v) is 4.51. The molecule has 0 spiro atoms. The summed E-state index contributed by atoms with van der Waals surface area (Å²) < 4.78 is 0. The Hall–Kier alpha value is -0.240. The lowest BCUT2D eigenvalue weighted by atomic mass is 10.4. The van der Waals surface area contributed by atoms with Crippen molar-refractivity contribution in [3.05, 3.63) is 0 Å². The number of aliphatic imine (C=N–C) groups is 1. The lowest BCUT2D eigenvalue weighted by molar-refractivity contribution is 0.423. The number of rotatable bonds is 4. The van der Waals surface area contributed by atoms with E-state index in [0.29, 0.717) is 5.29 Å². The number of amidine groups is 1. The molecule has 0 N–H and O–H groups in total. The molecule has 0 aromatic heterocycles. The number of hydrogen-bond acceptors (Lipinski definition) is 1. The molecule has 0 aliphatic rings. The van der Waals surface area contributed by atoms with Crippen LogP contribution >= 0.6 is 11.6 Å². The standard InChI is InChI=1S/C8H17ClN2/c1-4-6-11(7-5-2)8(9)10-3/h4-7H2,1-3H3. The van der Waals surface area contributed by atoms with Crippen molar-refractivity contribution in [2.45, 2.75) is 26.7 Å². The lowest BCUT2D eigenvalue weighted by Gasteiger charge is -2.20. The van der Waals surface area contributed by atoms with E-state index in [4.69, 9.17) is 11.6 Å². The molecule has 2 nitrogen and oxygen atoms in total. The van der Waals surface area contributed by atoms with Crippen LogP contribution in [0.15, 0.2) is 4.99 Å². The maximum absolute atomic E-state index is 5.86. The van der Waals surface area contributed by atoms with Gasteiger partial charge in [0.15, 0.2) is 5.29 Å². The van der Waals surface area contributed by atoms with Gasteiger partial charge in [-0.25, -0.2) is 0 Å². The van der Waals surface area contributed by atoms with Crippen molar-refractivity contribution >= 4 is 16.9 Å². The second-order valence-electron chi connectivity index (χ2n) is 2.48. The summed E-state index contributed by atoms with van der Waals surface area (Å²) in [7, 11) is 1.72. The van der Waals surface area contributed by atoms with Crippen LogP contribution < -0.4 is 0 Å². The Morgan fingerprint density at radius 1 is 1.27 bits per heavy atom. The van der Waals surface area contributed by atoms with Crippen LogP contribution in [0.1, 0.15) is 26.7 Å². The Morgan fingerprint density at radius 3 is 2.00 bits per heavy atom. The molecule has 0 heterocycles. The molecule has 0 atom stereocenters. The smallest absolute Gasteiger partial charge is 0.193 e. The molecule has 0 aromatic rings. The molecule has 0 unspecified atom stereocenters. The van der Waals surface area contributed by atoms with Gasteiger partial charge in [0.2, 0.25) is 0 Å². The molecule has 0 fully saturated rings. The molecule has 0 amide bonds. The predicted molar refractivity (Wildman–Crippen MR) is 51.4 cm³/mol. The number of hydrogen-bond donors (Lipinski definition) is 0. The fraction of sp³-hybridized carbons (Fsp3) is 0.875. The third-order valence-electron chi connectivity index (χ3n) is 1.43. The summed E-state index contributed by atoms with van der Waals surface area (Å²) in [5, 5.41) is 0.633. The average molecular weight is 177 g/mol. The van der Waals surface area contributed by atoms with Gasteiger partial charge in [-0.1, -0.05) is 13.8 Å². The van der Waals surface area contributed by atoms with Crippen molar-refractivity contribution in [3.8, 4) is 0 Å². The fourth-order valence-corrected chi connectivity index (χ4v) is 1.15. The van der Waals surface area contributed by atoms with Crippen molar-refractivity contribution in [2.24, 2.45) is 4.99 Å². The molecular weight excluding hydrogens is 160 g/mol. The van der Waals surface area contributed by atoms with E-state index >= 15 is 0 Å². The van der Waals surface area contributed by atoms with Crippen LogP contribution in [0.4, 0.5) is 0 Å². The van der Waals surface area contributed by atoms with Gasteiger partial charge in [-0.2, -0.15) is 0 Å². The van der Waals surface area contributed by atoms with E-state index in [1.807, 2.05) is 0 Å². The quantitative estimate of drug-likeness (QED) is 0.365. The number of halogens is 1. The predicted octanol–water partition coefficient (Wildman–Crippen LogP) is 2.33. The Morgan fingerprint density at radius 2 is 1.73 bits per heavy atom. The van der Waals surface area contributed by atoms with Gasteiger partial charge in [0.1, 0.15) is 0 Å². The van der Waals surface area contributed by atoms with Gasteiger partial charge in [-0.15, -0.1) is 0 Å². The maximum Gasteiger partial charge on any atom is 0.193 e. The van der Waals surface area contributed by atoms with Gasteiger partial charge in [0.05, 0.1) is 0 Å². The van der Waals surface area contributed by atoms with Crippen LogP contribution in [0.25, 0.3) is 0 Å². The molecule has 0 saturated heterocycles. The minimum atomic E-state index is 0.633. The van der Waals surface area contributed by atoms with Crippen LogP contribution in [0.3, 0.4) is 0 Å². The highest BCUT2D eigenvalue weighted by Gasteiger charge is 2.04. The molecule has 3 heteroatoms. The first kappa shape index (κ1) is 10.8. The fourth-order valence-electron chi connectivity index (χ4n) is 0.978. The molecule has 0 bridgehead atoms. The van der Waals surface area contributed by atoms with E-state index in [-0.39, 0.29) is 0 Å².